The van der Waals surface area contributed by atoms with Crippen LogP contribution in [0.4, 0.5) is 0 Å². The third-order valence-electron chi connectivity index (χ3n) is 1.13. The molecule has 60 valence electrons. The summed E-state index contributed by atoms with van der Waals surface area (Å²) in [6, 6.07) is 3.18. The first-order valence-electron chi connectivity index (χ1n) is 2.84. The molecule has 1 heterocycles. The van der Waals surface area contributed by atoms with Gasteiger partial charge in [-0.3, -0.25) is 4.79 Å². The highest BCUT2D eigenvalue weighted by atomic mass is 35.5. The highest BCUT2D eigenvalue weighted by molar-refractivity contribution is 7.16. The van der Waals surface area contributed by atoms with E-state index in [2.05, 4.69) is 0 Å². The first kappa shape index (κ1) is 8.52. The van der Waals surface area contributed by atoms with Crippen LogP contribution in [0.5, 0.6) is 0 Å². The van der Waals surface area contributed by atoms with E-state index < -0.39 is 12.0 Å². The molecule has 3 N–H and O–H groups in total. The van der Waals surface area contributed by atoms with Gasteiger partial charge in [-0.2, -0.15) is 0 Å². The molecule has 1 unspecified atom stereocenters. The molecule has 1 amide bonds. The Morgan fingerprint density at radius 1 is 1.73 bits per heavy atom. The van der Waals surface area contributed by atoms with Crippen molar-refractivity contribution < 1.29 is 9.90 Å². The topological polar surface area (TPSA) is 63.3 Å². The number of nitrogens with two attached hydrogens (primary N) is 1. The number of halogens is 1. The fourth-order valence-electron chi connectivity index (χ4n) is 0.615. The second kappa shape index (κ2) is 3.21. The zero-order valence-electron chi connectivity index (χ0n) is 5.45. The van der Waals surface area contributed by atoms with Gasteiger partial charge in [-0.25, -0.2) is 0 Å². The maximum absolute atomic E-state index is 10.4. The van der Waals surface area contributed by atoms with Crippen LogP contribution in [-0.2, 0) is 4.79 Å². The van der Waals surface area contributed by atoms with Crippen molar-refractivity contribution in [2.24, 2.45) is 5.73 Å². The lowest BCUT2D eigenvalue weighted by molar-refractivity contribution is -0.126. The van der Waals surface area contributed by atoms with Gasteiger partial charge in [-0.1, -0.05) is 11.6 Å². The monoisotopic (exact) mass is 191 g/mol. The maximum Gasteiger partial charge on any atom is 0.251 e. The summed E-state index contributed by atoms with van der Waals surface area (Å²) in [6.07, 6.45) is -1.23. The van der Waals surface area contributed by atoms with Crippen molar-refractivity contribution in [1.82, 2.24) is 0 Å². The second-order valence-electron chi connectivity index (χ2n) is 1.95. The molecular weight excluding hydrogens is 186 g/mol. The Morgan fingerprint density at radius 2 is 2.36 bits per heavy atom. The molecule has 3 nitrogen and oxygen atoms in total. The SMILES string of the molecule is NC(=O)C(O)c1ccc(Cl)s1. The number of carbonyl (C=O) groups is 1. The van der Waals surface area contributed by atoms with E-state index in [1.807, 2.05) is 0 Å². The maximum atomic E-state index is 10.4. The summed E-state index contributed by atoms with van der Waals surface area (Å²) >= 11 is 6.70. The Morgan fingerprint density at radius 3 is 2.73 bits per heavy atom. The predicted octanol–water partition coefficient (Wildman–Crippen LogP) is 0.920. The minimum Gasteiger partial charge on any atom is -0.378 e. The Kier molecular flexibility index (Phi) is 2.49. The Balaban J connectivity index is 2.84. The number of amides is 1. The Hall–Kier alpha value is -0.580. The van der Waals surface area contributed by atoms with Crippen LogP contribution in [0.1, 0.15) is 11.0 Å². The zero-order valence-corrected chi connectivity index (χ0v) is 7.02. The number of thiophene rings is 1. The van der Waals surface area contributed by atoms with Crippen LogP contribution in [0.3, 0.4) is 0 Å². The molecule has 1 atom stereocenters. The van der Waals surface area contributed by atoms with Gasteiger partial charge in [0, 0.05) is 4.88 Å². The molecular formula is C6H6ClNO2S. The fraction of sp³-hybridized carbons (Fsp3) is 0.167. The van der Waals surface area contributed by atoms with Crippen LogP contribution < -0.4 is 5.73 Å². The van der Waals surface area contributed by atoms with Gasteiger partial charge in [0.25, 0.3) is 5.91 Å². The van der Waals surface area contributed by atoms with E-state index in [1.54, 1.807) is 12.1 Å². The number of aliphatic hydroxyl groups excluding tert-OH is 1. The molecule has 0 aliphatic rings. The van der Waals surface area contributed by atoms with Crippen molar-refractivity contribution in [3.05, 3.63) is 21.3 Å². The van der Waals surface area contributed by atoms with E-state index in [0.29, 0.717) is 9.21 Å². The lowest BCUT2D eigenvalue weighted by Crippen LogP contribution is -2.19. The molecule has 0 aliphatic carbocycles. The summed E-state index contributed by atoms with van der Waals surface area (Å²) in [6.45, 7) is 0. The lowest BCUT2D eigenvalue weighted by Gasteiger charge is -2.00. The predicted molar refractivity (Wildman–Crippen MR) is 43.5 cm³/mol. The largest absolute Gasteiger partial charge is 0.378 e. The van der Waals surface area contributed by atoms with Gasteiger partial charge in [-0.05, 0) is 12.1 Å². The molecule has 1 aromatic rings. The molecule has 5 heteroatoms. The molecule has 1 rings (SSSR count). The molecule has 0 aromatic carbocycles. The molecule has 0 spiro atoms. The van der Waals surface area contributed by atoms with Crippen molar-refractivity contribution in [3.8, 4) is 0 Å². The third-order valence-corrected chi connectivity index (χ3v) is 2.42. The second-order valence-corrected chi connectivity index (χ2v) is 3.69. The van der Waals surface area contributed by atoms with Crippen molar-refractivity contribution in [3.63, 3.8) is 0 Å². The quantitative estimate of drug-likeness (QED) is 0.730. The normalized spacial score (nSPS) is 12.9. The standard InChI is InChI=1S/C6H6ClNO2S/c7-4-2-1-3(11-4)5(9)6(8)10/h1-2,5,9H,(H2,8,10). The molecule has 11 heavy (non-hydrogen) atoms. The van der Waals surface area contributed by atoms with Gasteiger partial charge in [0.15, 0.2) is 6.10 Å². The number of rotatable bonds is 2. The Labute approximate surface area is 72.4 Å². The molecule has 0 saturated heterocycles. The van der Waals surface area contributed by atoms with Crippen LogP contribution >= 0.6 is 22.9 Å². The number of primary amides is 1. The summed E-state index contributed by atoms with van der Waals surface area (Å²) in [7, 11) is 0. The van der Waals surface area contributed by atoms with Crippen molar-refractivity contribution in [1.29, 1.82) is 0 Å². The van der Waals surface area contributed by atoms with Gasteiger partial charge >= 0.3 is 0 Å². The molecule has 0 aliphatic heterocycles. The van der Waals surface area contributed by atoms with Gasteiger partial charge in [0.05, 0.1) is 4.34 Å². The lowest BCUT2D eigenvalue weighted by atomic mass is 10.3. The molecule has 0 bridgehead atoms. The molecule has 0 fully saturated rings. The minimum absolute atomic E-state index is 0.475. The number of hydrogen-bond donors (Lipinski definition) is 2. The van der Waals surface area contributed by atoms with Gasteiger partial charge in [0.1, 0.15) is 0 Å². The van der Waals surface area contributed by atoms with Crippen LogP contribution in [0.2, 0.25) is 4.34 Å². The van der Waals surface area contributed by atoms with E-state index in [4.69, 9.17) is 22.4 Å². The van der Waals surface area contributed by atoms with E-state index >= 15 is 0 Å². The number of carbonyl (C=O) groups excluding carboxylic acids is 1. The average molecular weight is 192 g/mol. The van der Waals surface area contributed by atoms with E-state index in [9.17, 15) is 4.79 Å². The van der Waals surface area contributed by atoms with E-state index in [0.717, 1.165) is 11.3 Å². The Bertz CT molecular complexity index is 273. The summed E-state index contributed by atoms with van der Waals surface area (Å²) < 4.78 is 0.528. The molecule has 0 saturated carbocycles. The van der Waals surface area contributed by atoms with E-state index in [1.165, 1.54) is 0 Å². The van der Waals surface area contributed by atoms with Crippen molar-refractivity contribution >= 4 is 28.8 Å². The van der Waals surface area contributed by atoms with Crippen LogP contribution in [0, 0.1) is 0 Å². The summed E-state index contributed by atoms with van der Waals surface area (Å²) in [4.78, 5) is 10.9. The molecule has 0 radical (unpaired) electrons. The zero-order chi connectivity index (χ0) is 8.43. The first-order valence-corrected chi connectivity index (χ1v) is 4.03. The number of hydrogen-bond acceptors (Lipinski definition) is 3. The van der Waals surface area contributed by atoms with Gasteiger partial charge in [0.2, 0.25) is 0 Å². The summed E-state index contributed by atoms with van der Waals surface area (Å²) in [5, 5.41) is 9.09. The average Bonchev–Trinajstić information content (AvgIpc) is 2.34. The van der Waals surface area contributed by atoms with Gasteiger partial charge < -0.3 is 10.8 Å². The smallest absolute Gasteiger partial charge is 0.251 e. The first-order chi connectivity index (χ1) is 5.11. The molecule has 1 aromatic heterocycles. The summed E-state index contributed by atoms with van der Waals surface area (Å²) in [5.41, 5.74) is 4.85. The summed E-state index contributed by atoms with van der Waals surface area (Å²) in [5.74, 6) is -0.761. The van der Waals surface area contributed by atoms with Crippen molar-refractivity contribution in [2.45, 2.75) is 6.10 Å². The highest BCUT2D eigenvalue weighted by Gasteiger charge is 2.15. The number of aliphatic hydroxyl groups is 1. The fourth-order valence-corrected chi connectivity index (χ4v) is 1.67. The third kappa shape index (κ3) is 1.92. The highest BCUT2D eigenvalue weighted by Crippen LogP contribution is 2.26. The van der Waals surface area contributed by atoms with Crippen LogP contribution in [-0.4, -0.2) is 11.0 Å². The van der Waals surface area contributed by atoms with Gasteiger partial charge in [-0.15, -0.1) is 11.3 Å². The minimum atomic E-state index is -1.23. The van der Waals surface area contributed by atoms with E-state index in [-0.39, 0.29) is 0 Å². The van der Waals surface area contributed by atoms with Crippen LogP contribution in [0.25, 0.3) is 0 Å². The van der Waals surface area contributed by atoms with Crippen molar-refractivity contribution in [2.75, 3.05) is 0 Å². The van der Waals surface area contributed by atoms with Crippen LogP contribution in [0.15, 0.2) is 12.1 Å².